The van der Waals surface area contributed by atoms with Crippen molar-refractivity contribution in [2.75, 3.05) is 4.90 Å². The standard InChI is InChI=1S/C51H30N2O3/c1-2-10-31(11-3-1)33-15-8-16-36(26-33)53(37-21-23-40-46(29-37)55-45-25-20-32-12-6-7-17-39(32)49(40)45)38-22-24-41-47(30-38)54-44-19-9-18-42(50(41)44)51-52-43-27-34-13-4-5-14-35(34)28-48(43)56-51/h1-30H. The smallest absolute Gasteiger partial charge is 0.228 e. The van der Waals surface area contributed by atoms with Crippen LogP contribution in [0.25, 0.3) is 99.1 Å². The summed E-state index contributed by atoms with van der Waals surface area (Å²) < 4.78 is 19.6. The van der Waals surface area contributed by atoms with Gasteiger partial charge >= 0.3 is 0 Å². The molecule has 0 atom stereocenters. The maximum atomic E-state index is 6.64. The Balaban J connectivity index is 1.03. The first kappa shape index (κ1) is 30.8. The van der Waals surface area contributed by atoms with E-state index in [1.165, 1.54) is 10.8 Å². The van der Waals surface area contributed by atoms with Crippen LogP contribution in [0.4, 0.5) is 17.1 Å². The van der Waals surface area contributed by atoms with Gasteiger partial charge in [-0.2, -0.15) is 0 Å². The number of nitrogens with zero attached hydrogens (tertiary/aromatic N) is 2. The zero-order valence-electron chi connectivity index (χ0n) is 29.9. The van der Waals surface area contributed by atoms with Crippen molar-refractivity contribution in [1.82, 2.24) is 4.98 Å². The van der Waals surface area contributed by atoms with Gasteiger partial charge in [-0.1, -0.05) is 103 Å². The van der Waals surface area contributed by atoms with Crippen LogP contribution in [0.5, 0.6) is 0 Å². The SMILES string of the molecule is c1ccc(-c2cccc(N(c3ccc4c(c3)oc3cccc(-c5nc6cc7ccccc7cc6o5)c34)c3ccc4c(c3)oc3ccc5ccccc5c34)c2)cc1. The lowest BCUT2D eigenvalue weighted by Crippen LogP contribution is -2.09. The van der Waals surface area contributed by atoms with E-state index in [2.05, 4.69) is 157 Å². The molecule has 0 N–H and O–H groups in total. The number of fused-ring (bicyclic) bond motifs is 10. The van der Waals surface area contributed by atoms with Crippen molar-refractivity contribution in [2.24, 2.45) is 0 Å². The summed E-state index contributed by atoms with van der Waals surface area (Å²) in [5.41, 5.74) is 11.0. The van der Waals surface area contributed by atoms with Gasteiger partial charge in [-0.05, 0) is 99.4 Å². The largest absolute Gasteiger partial charge is 0.456 e. The lowest BCUT2D eigenvalue weighted by molar-refractivity contribution is 0.620. The Morgan fingerprint density at radius 2 is 1.00 bits per heavy atom. The van der Waals surface area contributed by atoms with Crippen molar-refractivity contribution >= 4 is 93.6 Å². The topological polar surface area (TPSA) is 55.6 Å². The fourth-order valence-electron chi connectivity index (χ4n) is 8.44. The summed E-state index contributed by atoms with van der Waals surface area (Å²) in [5, 5.41) is 8.81. The second-order valence-electron chi connectivity index (χ2n) is 14.3. The van der Waals surface area contributed by atoms with Gasteiger partial charge in [0.1, 0.15) is 27.8 Å². The fraction of sp³-hybridized carbons (Fsp3) is 0. The Kier molecular flexibility index (Phi) is 6.56. The monoisotopic (exact) mass is 718 g/mol. The molecule has 0 aliphatic heterocycles. The molecule has 5 heteroatoms. The van der Waals surface area contributed by atoms with Crippen molar-refractivity contribution in [1.29, 1.82) is 0 Å². The Morgan fingerprint density at radius 1 is 0.357 bits per heavy atom. The number of oxazole rings is 1. The maximum absolute atomic E-state index is 6.64. The predicted molar refractivity (Wildman–Crippen MR) is 229 cm³/mol. The first-order chi connectivity index (χ1) is 27.7. The minimum absolute atomic E-state index is 0.568. The molecular weight excluding hydrogens is 689 g/mol. The third kappa shape index (κ3) is 4.78. The van der Waals surface area contributed by atoms with Gasteiger partial charge < -0.3 is 18.2 Å². The molecule has 0 spiro atoms. The Morgan fingerprint density at radius 3 is 1.80 bits per heavy atom. The molecule has 0 aliphatic rings. The Hall–Kier alpha value is -7.63. The summed E-state index contributed by atoms with van der Waals surface area (Å²) in [5.74, 6) is 0.568. The van der Waals surface area contributed by atoms with Crippen LogP contribution < -0.4 is 4.90 Å². The van der Waals surface area contributed by atoms with Crippen LogP contribution in [0.1, 0.15) is 0 Å². The molecule has 56 heavy (non-hydrogen) atoms. The van der Waals surface area contributed by atoms with E-state index >= 15 is 0 Å². The van der Waals surface area contributed by atoms with E-state index in [0.717, 1.165) is 99.5 Å². The highest BCUT2D eigenvalue weighted by Gasteiger charge is 2.21. The maximum Gasteiger partial charge on any atom is 0.228 e. The van der Waals surface area contributed by atoms with E-state index in [1.54, 1.807) is 0 Å². The molecule has 0 aliphatic carbocycles. The van der Waals surface area contributed by atoms with Crippen molar-refractivity contribution in [2.45, 2.75) is 0 Å². The summed E-state index contributed by atoms with van der Waals surface area (Å²) >= 11 is 0. The van der Waals surface area contributed by atoms with Crippen LogP contribution in [0.15, 0.2) is 195 Å². The van der Waals surface area contributed by atoms with E-state index < -0.39 is 0 Å². The molecule has 0 bridgehead atoms. The minimum Gasteiger partial charge on any atom is -0.456 e. The van der Waals surface area contributed by atoms with Gasteiger partial charge in [-0.3, -0.25) is 0 Å². The number of furan rings is 2. The number of hydrogen-bond donors (Lipinski definition) is 0. The number of rotatable bonds is 5. The normalized spacial score (nSPS) is 11.9. The highest BCUT2D eigenvalue weighted by Crippen LogP contribution is 2.44. The molecule has 0 fully saturated rings. The van der Waals surface area contributed by atoms with Crippen molar-refractivity contribution < 1.29 is 13.3 Å². The van der Waals surface area contributed by atoms with Crippen LogP contribution in [0.2, 0.25) is 0 Å². The minimum atomic E-state index is 0.568. The number of hydrogen-bond acceptors (Lipinski definition) is 5. The van der Waals surface area contributed by atoms with Gasteiger partial charge in [0.2, 0.25) is 5.89 Å². The Bertz CT molecular complexity index is 3450. The van der Waals surface area contributed by atoms with E-state index in [1.807, 2.05) is 30.3 Å². The van der Waals surface area contributed by atoms with Gasteiger partial charge in [0.15, 0.2) is 5.58 Å². The van der Waals surface area contributed by atoms with E-state index in [4.69, 9.17) is 18.2 Å². The third-order valence-electron chi connectivity index (χ3n) is 11.0. The predicted octanol–water partition coefficient (Wildman–Crippen LogP) is 14.7. The van der Waals surface area contributed by atoms with Crippen LogP contribution in [-0.2, 0) is 0 Å². The van der Waals surface area contributed by atoms with Gasteiger partial charge in [-0.25, -0.2) is 4.98 Å². The van der Waals surface area contributed by atoms with Crippen LogP contribution in [0.3, 0.4) is 0 Å². The average molecular weight is 719 g/mol. The molecule has 12 rings (SSSR count). The molecule has 9 aromatic carbocycles. The molecule has 0 amide bonds. The van der Waals surface area contributed by atoms with Gasteiger partial charge in [0.25, 0.3) is 0 Å². The van der Waals surface area contributed by atoms with Crippen LogP contribution in [-0.4, -0.2) is 4.98 Å². The van der Waals surface area contributed by atoms with Crippen molar-refractivity contribution in [3.05, 3.63) is 182 Å². The first-order valence-corrected chi connectivity index (χ1v) is 18.8. The first-order valence-electron chi connectivity index (χ1n) is 18.8. The Labute approximate surface area is 320 Å². The molecule has 3 heterocycles. The molecule has 262 valence electrons. The summed E-state index contributed by atoms with van der Waals surface area (Å²) in [6, 6.07) is 63.3. The van der Waals surface area contributed by atoms with E-state index in [9.17, 15) is 0 Å². The lowest BCUT2D eigenvalue weighted by atomic mass is 10.0. The van der Waals surface area contributed by atoms with Crippen molar-refractivity contribution in [3.63, 3.8) is 0 Å². The summed E-state index contributed by atoms with van der Waals surface area (Å²) in [6.07, 6.45) is 0. The summed E-state index contributed by atoms with van der Waals surface area (Å²) in [6.45, 7) is 0. The molecule has 12 aromatic rings. The quantitative estimate of drug-likeness (QED) is 0.177. The van der Waals surface area contributed by atoms with Crippen LogP contribution in [0, 0.1) is 0 Å². The fourth-order valence-corrected chi connectivity index (χ4v) is 8.44. The van der Waals surface area contributed by atoms with Crippen LogP contribution >= 0.6 is 0 Å². The molecule has 3 aromatic heterocycles. The molecule has 0 saturated heterocycles. The summed E-state index contributed by atoms with van der Waals surface area (Å²) in [7, 11) is 0. The number of anilines is 3. The second kappa shape index (κ2) is 11.9. The third-order valence-corrected chi connectivity index (χ3v) is 11.0. The highest BCUT2D eigenvalue weighted by atomic mass is 16.4. The number of benzene rings is 9. The zero-order chi connectivity index (χ0) is 36.7. The molecular formula is C51H30N2O3. The molecule has 5 nitrogen and oxygen atoms in total. The molecule has 0 saturated carbocycles. The van der Waals surface area contributed by atoms with E-state index in [0.29, 0.717) is 5.89 Å². The summed E-state index contributed by atoms with van der Waals surface area (Å²) in [4.78, 5) is 7.23. The van der Waals surface area contributed by atoms with E-state index in [-0.39, 0.29) is 0 Å². The van der Waals surface area contributed by atoms with Gasteiger partial charge in [0, 0.05) is 56.3 Å². The van der Waals surface area contributed by atoms with Gasteiger partial charge in [-0.15, -0.1) is 0 Å². The average Bonchev–Trinajstić information content (AvgIpc) is 3.96. The molecule has 0 radical (unpaired) electrons. The molecule has 0 unspecified atom stereocenters. The lowest BCUT2D eigenvalue weighted by Gasteiger charge is -2.26. The number of aromatic nitrogens is 1. The second-order valence-corrected chi connectivity index (χ2v) is 14.3. The zero-order valence-corrected chi connectivity index (χ0v) is 29.9. The highest BCUT2D eigenvalue weighted by molar-refractivity contribution is 6.19. The van der Waals surface area contributed by atoms with Gasteiger partial charge in [0.05, 0.1) is 0 Å². The van der Waals surface area contributed by atoms with Crippen molar-refractivity contribution in [3.8, 4) is 22.6 Å².